The Kier molecular flexibility index (Phi) is 4.61. The fourth-order valence-electron chi connectivity index (χ4n) is 1.71. The number of cyclic esters (lactones) is 1. The maximum Gasteiger partial charge on any atom is 0.383 e. The number of esters is 2. The minimum absolute atomic E-state index is 0.0302. The Morgan fingerprint density at radius 2 is 1.90 bits per heavy atom. The largest absolute Gasteiger partial charge is 0.490 e. The Morgan fingerprint density at radius 1 is 1.19 bits per heavy atom. The summed E-state index contributed by atoms with van der Waals surface area (Å²) in [6, 6.07) is 9.32. The molecular formula is C15H14O6. The number of rotatable bonds is 5. The minimum Gasteiger partial charge on any atom is -0.490 e. The van der Waals surface area contributed by atoms with Gasteiger partial charge in [0, 0.05) is 0 Å². The van der Waals surface area contributed by atoms with Crippen molar-refractivity contribution in [1.82, 2.24) is 0 Å². The smallest absolute Gasteiger partial charge is 0.383 e. The van der Waals surface area contributed by atoms with E-state index in [2.05, 4.69) is 4.74 Å². The van der Waals surface area contributed by atoms with Gasteiger partial charge in [0.05, 0.1) is 20.3 Å². The van der Waals surface area contributed by atoms with Crippen LogP contribution < -0.4 is 0 Å². The first-order valence-electron chi connectivity index (χ1n) is 6.13. The third kappa shape index (κ3) is 3.42. The lowest BCUT2D eigenvalue weighted by atomic mass is 10.2. The van der Waals surface area contributed by atoms with Crippen molar-refractivity contribution in [2.45, 2.75) is 6.61 Å². The number of benzene rings is 1. The quantitative estimate of drug-likeness (QED) is 0.607. The van der Waals surface area contributed by atoms with Crippen LogP contribution in [0.4, 0.5) is 0 Å². The Morgan fingerprint density at radius 3 is 2.52 bits per heavy atom. The molecule has 0 atom stereocenters. The molecule has 1 aliphatic heterocycles. The molecule has 6 heteroatoms. The van der Waals surface area contributed by atoms with Crippen LogP contribution in [0.2, 0.25) is 0 Å². The summed E-state index contributed by atoms with van der Waals surface area (Å²) >= 11 is 0. The van der Waals surface area contributed by atoms with Gasteiger partial charge in [0.1, 0.15) is 6.61 Å². The molecular weight excluding hydrogens is 276 g/mol. The van der Waals surface area contributed by atoms with Gasteiger partial charge in [0.2, 0.25) is 5.76 Å². The number of ether oxygens (including phenoxy) is 4. The zero-order valence-corrected chi connectivity index (χ0v) is 11.6. The summed E-state index contributed by atoms with van der Waals surface area (Å²) in [5, 5.41) is 0. The van der Waals surface area contributed by atoms with Gasteiger partial charge in [-0.1, -0.05) is 30.3 Å². The van der Waals surface area contributed by atoms with Gasteiger partial charge in [-0.05, 0) is 5.56 Å². The first-order valence-corrected chi connectivity index (χ1v) is 6.13. The summed E-state index contributed by atoms with van der Waals surface area (Å²) in [5.74, 6) is -1.40. The molecule has 0 N–H and O–H groups in total. The molecule has 0 aromatic heterocycles. The van der Waals surface area contributed by atoms with Crippen LogP contribution in [0.1, 0.15) is 5.56 Å². The van der Waals surface area contributed by atoms with E-state index < -0.39 is 11.9 Å². The third-order valence-electron chi connectivity index (χ3n) is 2.70. The zero-order valence-electron chi connectivity index (χ0n) is 11.6. The second-order valence-corrected chi connectivity index (χ2v) is 4.06. The van der Waals surface area contributed by atoms with Crippen molar-refractivity contribution in [1.29, 1.82) is 0 Å². The van der Waals surface area contributed by atoms with Crippen LogP contribution in [-0.2, 0) is 35.1 Å². The van der Waals surface area contributed by atoms with Crippen LogP contribution in [-0.4, -0.2) is 26.2 Å². The van der Waals surface area contributed by atoms with Gasteiger partial charge in [-0.25, -0.2) is 9.59 Å². The molecule has 21 heavy (non-hydrogen) atoms. The van der Waals surface area contributed by atoms with Crippen molar-refractivity contribution in [2.24, 2.45) is 0 Å². The van der Waals surface area contributed by atoms with Gasteiger partial charge < -0.3 is 18.9 Å². The van der Waals surface area contributed by atoms with Gasteiger partial charge in [-0.3, -0.25) is 0 Å². The van der Waals surface area contributed by atoms with E-state index >= 15 is 0 Å². The normalized spacial score (nSPS) is 15.9. The van der Waals surface area contributed by atoms with Crippen LogP contribution in [0.5, 0.6) is 0 Å². The van der Waals surface area contributed by atoms with E-state index in [1.54, 1.807) is 0 Å². The van der Waals surface area contributed by atoms with Crippen molar-refractivity contribution in [3.63, 3.8) is 0 Å². The molecule has 1 heterocycles. The average Bonchev–Trinajstić information content (AvgIpc) is 2.80. The van der Waals surface area contributed by atoms with Gasteiger partial charge in [0.15, 0.2) is 5.76 Å². The lowest BCUT2D eigenvalue weighted by Gasteiger charge is -2.05. The molecule has 0 fully saturated rings. The van der Waals surface area contributed by atoms with Crippen molar-refractivity contribution < 1.29 is 28.5 Å². The summed E-state index contributed by atoms with van der Waals surface area (Å²) in [6.45, 7) is 0.184. The molecule has 1 aromatic rings. The fourth-order valence-corrected chi connectivity index (χ4v) is 1.71. The first-order chi connectivity index (χ1) is 10.2. The highest BCUT2D eigenvalue weighted by atomic mass is 16.6. The molecule has 0 amide bonds. The number of methoxy groups -OCH3 is 2. The highest BCUT2D eigenvalue weighted by Crippen LogP contribution is 2.28. The number of hydrogen-bond donors (Lipinski definition) is 0. The number of carbonyl (C=O) groups excluding carboxylic acids is 2. The SMILES string of the molecule is COC(=O)/C=C1\OC(=O)C(OCc2ccccc2)=C1OC. The highest BCUT2D eigenvalue weighted by Gasteiger charge is 2.34. The summed E-state index contributed by atoms with van der Waals surface area (Å²) in [5.41, 5.74) is 0.888. The Hall–Kier alpha value is -2.76. The van der Waals surface area contributed by atoms with Crippen molar-refractivity contribution in [3.05, 3.63) is 59.2 Å². The van der Waals surface area contributed by atoms with E-state index in [-0.39, 0.29) is 23.9 Å². The Bertz CT molecular complexity index is 600. The van der Waals surface area contributed by atoms with Gasteiger partial charge in [-0.15, -0.1) is 0 Å². The molecule has 0 saturated carbocycles. The molecule has 0 spiro atoms. The lowest BCUT2D eigenvalue weighted by Crippen LogP contribution is -2.04. The predicted octanol–water partition coefficient (Wildman–Crippen LogP) is 1.67. The summed E-state index contributed by atoms with van der Waals surface area (Å²) in [4.78, 5) is 23.0. The molecule has 1 aromatic carbocycles. The maximum atomic E-state index is 11.8. The van der Waals surface area contributed by atoms with E-state index in [0.29, 0.717) is 0 Å². The fraction of sp³-hybridized carbons (Fsp3) is 0.200. The van der Waals surface area contributed by atoms with E-state index in [1.807, 2.05) is 30.3 Å². The monoisotopic (exact) mass is 290 g/mol. The van der Waals surface area contributed by atoms with Gasteiger partial charge in [-0.2, -0.15) is 0 Å². The lowest BCUT2D eigenvalue weighted by molar-refractivity contribution is -0.137. The minimum atomic E-state index is -0.710. The zero-order chi connectivity index (χ0) is 15.2. The Balaban J connectivity index is 2.18. The Labute approximate surface area is 121 Å². The topological polar surface area (TPSA) is 71.1 Å². The molecule has 0 bridgehead atoms. The second-order valence-electron chi connectivity index (χ2n) is 4.06. The van der Waals surface area contributed by atoms with Crippen LogP contribution in [0.15, 0.2) is 53.7 Å². The van der Waals surface area contributed by atoms with Crippen molar-refractivity contribution >= 4 is 11.9 Å². The van der Waals surface area contributed by atoms with Crippen LogP contribution in [0.3, 0.4) is 0 Å². The van der Waals surface area contributed by atoms with Crippen molar-refractivity contribution in [3.8, 4) is 0 Å². The number of hydrogen-bond acceptors (Lipinski definition) is 6. The van der Waals surface area contributed by atoms with Crippen LogP contribution in [0.25, 0.3) is 0 Å². The molecule has 0 radical (unpaired) electrons. The molecule has 110 valence electrons. The maximum absolute atomic E-state index is 11.8. The second kappa shape index (κ2) is 6.60. The highest BCUT2D eigenvalue weighted by molar-refractivity contribution is 5.94. The summed E-state index contributed by atoms with van der Waals surface area (Å²) in [7, 11) is 2.58. The standard InChI is InChI=1S/C15H14O6/c1-18-12(16)8-11-13(19-2)14(15(17)21-11)20-9-10-6-4-3-5-7-10/h3-8H,9H2,1-2H3/b11-8-. The van der Waals surface area contributed by atoms with E-state index in [0.717, 1.165) is 11.6 Å². The van der Waals surface area contributed by atoms with Crippen LogP contribution >= 0.6 is 0 Å². The van der Waals surface area contributed by atoms with Gasteiger partial charge in [0.25, 0.3) is 5.76 Å². The first kappa shape index (κ1) is 14.6. The molecule has 0 unspecified atom stereocenters. The number of carbonyl (C=O) groups is 2. The van der Waals surface area contributed by atoms with E-state index in [1.165, 1.54) is 14.2 Å². The molecule has 6 nitrogen and oxygen atoms in total. The summed E-state index contributed by atoms with van der Waals surface area (Å²) < 4.78 is 19.9. The van der Waals surface area contributed by atoms with Gasteiger partial charge >= 0.3 is 11.9 Å². The molecule has 2 rings (SSSR count). The van der Waals surface area contributed by atoms with Crippen molar-refractivity contribution in [2.75, 3.05) is 14.2 Å². The van der Waals surface area contributed by atoms with E-state index in [4.69, 9.17) is 14.2 Å². The van der Waals surface area contributed by atoms with Crippen LogP contribution in [0, 0.1) is 0 Å². The van der Waals surface area contributed by atoms with E-state index in [9.17, 15) is 9.59 Å². The third-order valence-corrected chi connectivity index (χ3v) is 2.70. The molecule has 1 aliphatic rings. The summed E-state index contributed by atoms with van der Waals surface area (Å²) in [6.07, 6.45) is 1.02. The molecule has 0 saturated heterocycles. The predicted molar refractivity (Wildman–Crippen MR) is 71.5 cm³/mol. The average molecular weight is 290 g/mol. The molecule has 0 aliphatic carbocycles.